The predicted molar refractivity (Wildman–Crippen MR) is 146 cm³/mol. The van der Waals surface area contributed by atoms with Crippen molar-refractivity contribution in [2.45, 2.75) is 31.6 Å². The van der Waals surface area contributed by atoms with Gasteiger partial charge in [0.1, 0.15) is 5.58 Å². The number of carbonyl (C=O) groups excluding carboxylic acids is 1. The summed E-state index contributed by atoms with van der Waals surface area (Å²) in [7, 11) is 0. The minimum Gasteiger partial charge on any atom is -0.480 e. The van der Waals surface area contributed by atoms with Gasteiger partial charge >= 0.3 is 0 Å². The highest BCUT2D eigenvalue weighted by Crippen LogP contribution is 2.34. The van der Waals surface area contributed by atoms with Crippen molar-refractivity contribution in [1.82, 2.24) is 15.3 Å². The number of hydrogen-bond donors (Lipinski definition) is 2. The van der Waals surface area contributed by atoms with Crippen LogP contribution < -0.4 is 10.9 Å². The first-order chi connectivity index (χ1) is 18.6. The molecular weight excluding hydrogens is 480 g/mol. The third-order valence-corrected chi connectivity index (χ3v) is 6.98. The van der Waals surface area contributed by atoms with Crippen LogP contribution in [0.2, 0.25) is 0 Å². The molecule has 0 radical (unpaired) electrons. The summed E-state index contributed by atoms with van der Waals surface area (Å²) in [6, 6.07) is 19.7. The first kappa shape index (κ1) is 25.4. The number of fused-ring (bicyclic) bond motifs is 1. The number of nitrogens with one attached hydrogen (secondary N) is 1. The highest BCUT2D eigenvalue weighted by atomic mass is 16.5. The molecule has 2 aromatic carbocycles. The lowest BCUT2D eigenvalue weighted by Gasteiger charge is -2.21. The monoisotopic (exact) mass is 510 g/mol. The second kappa shape index (κ2) is 11.8. The van der Waals surface area contributed by atoms with Gasteiger partial charge in [0.25, 0.3) is 11.9 Å². The Morgan fingerprint density at radius 2 is 1.74 bits per heavy atom. The lowest BCUT2D eigenvalue weighted by molar-refractivity contribution is 0.0954. The second-order valence-electron chi connectivity index (χ2n) is 9.47. The van der Waals surface area contributed by atoms with E-state index < -0.39 is 11.9 Å². The fourth-order valence-electron chi connectivity index (χ4n) is 4.95. The molecule has 1 aliphatic rings. The van der Waals surface area contributed by atoms with Gasteiger partial charge in [-0.2, -0.15) is 5.10 Å². The summed E-state index contributed by atoms with van der Waals surface area (Å²) in [5, 5.41) is 15.8. The van der Waals surface area contributed by atoms with Crippen LogP contribution in [-0.4, -0.2) is 46.2 Å². The van der Waals surface area contributed by atoms with Crippen molar-refractivity contribution >= 4 is 22.6 Å². The molecule has 1 aliphatic heterocycles. The molecule has 5 rings (SSSR count). The zero-order valence-corrected chi connectivity index (χ0v) is 21.0. The third-order valence-electron chi connectivity index (χ3n) is 6.98. The number of benzene rings is 2. The summed E-state index contributed by atoms with van der Waals surface area (Å²) in [6.45, 7) is 2.87. The number of nitrogens with zero attached hydrogens (tertiary/aromatic N) is 3. The van der Waals surface area contributed by atoms with E-state index in [1.165, 1.54) is 12.8 Å². The van der Waals surface area contributed by atoms with E-state index in [1.807, 2.05) is 30.3 Å². The maximum atomic E-state index is 13.6. The Labute approximate surface area is 220 Å². The van der Waals surface area contributed by atoms with E-state index in [2.05, 4.69) is 20.4 Å². The Kier molecular flexibility index (Phi) is 7.89. The minimum absolute atomic E-state index is 0.184. The summed E-state index contributed by atoms with van der Waals surface area (Å²) in [5.74, 6) is -1.26. The van der Waals surface area contributed by atoms with E-state index in [0.29, 0.717) is 29.4 Å². The van der Waals surface area contributed by atoms with Crippen LogP contribution in [0.25, 0.3) is 11.0 Å². The Balaban J connectivity index is 1.51. The average molecular weight is 511 g/mol. The van der Waals surface area contributed by atoms with Gasteiger partial charge in [-0.3, -0.25) is 14.6 Å². The maximum Gasteiger partial charge on any atom is 0.290 e. The van der Waals surface area contributed by atoms with Crippen molar-refractivity contribution in [3.05, 3.63) is 106 Å². The van der Waals surface area contributed by atoms with Gasteiger partial charge in [0, 0.05) is 42.6 Å². The summed E-state index contributed by atoms with van der Waals surface area (Å²) < 4.78 is 5.69. The molecular formula is C30H30N4O4. The second-order valence-corrected chi connectivity index (χ2v) is 9.47. The Bertz CT molecular complexity index is 1480. The number of aromatic nitrogens is 1. The lowest BCUT2D eigenvalue weighted by atomic mass is 9.86. The molecule has 0 spiro atoms. The molecule has 1 saturated heterocycles. The molecule has 3 heterocycles. The Morgan fingerprint density at radius 1 is 1.03 bits per heavy atom. The maximum absolute atomic E-state index is 13.6. The number of pyridine rings is 1. The van der Waals surface area contributed by atoms with Gasteiger partial charge in [0.05, 0.1) is 10.9 Å². The minimum atomic E-state index is -0.521. The fourth-order valence-corrected chi connectivity index (χ4v) is 4.95. The number of hydrazone groups is 1. The molecule has 2 N–H and O–H groups in total. The van der Waals surface area contributed by atoms with Crippen LogP contribution in [-0.2, 0) is 0 Å². The van der Waals surface area contributed by atoms with Gasteiger partial charge in [-0.1, -0.05) is 42.5 Å². The molecule has 1 atom stereocenters. The van der Waals surface area contributed by atoms with Crippen LogP contribution in [0.5, 0.6) is 5.95 Å². The van der Waals surface area contributed by atoms with Crippen LogP contribution >= 0.6 is 0 Å². The van der Waals surface area contributed by atoms with Gasteiger partial charge in [-0.05, 0) is 62.2 Å². The van der Waals surface area contributed by atoms with Crippen LogP contribution in [0.3, 0.4) is 0 Å². The molecule has 0 saturated carbocycles. The first-order valence-corrected chi connectivity index (χ1v) is 12.9. The molecule has 8 heteroatoms. The number of para-hydroxylation sites is 1. The van der Waals surface area contributed by atoms with Crippen LogP contribution in [0.4, 0.5) is 0 Å². The fraction of sp³-hybridized carbons (Fsp3) is 0.267. The number of carbonyl (C=O) groups is 1. The molecule has 0 aliphatic carbocycles. The van der Waals surface area contributed by atoms with E-state index in [0.717, 1.165) is 30.9 Å². The van der Waals surface area contributed by atoms with Crippen molar-refractivity contribution < 1.29 is 14.3 Å². The van der Waals surface area contributed by atoms with Gasteiger partial charge in [0.15, 0.2) is 0 Å². The van der Waals surface area contributed by atoms with E-state index in [9.17, 15) is 14.7 Å². The molecule has 4 aromatic rings. The number of rotatable bonds is 9. The quantitative estimate of drug-likeness (QED) is 0.250. The molecule has 1 amide bonds. The van der Waals surface area contributed by atoms with Gasteiger partial charge in [0.2, 0.25) is 5.43 Å². The van der Waals surface area contributed by atoms with Gasteiger partial charge in [-0.25, -0.2) is 5.43 Å². The van der Waals surface area contributed by atoms with Crippen molar-refractivity contribution in [3.63, 3.8) is 0 Å². The standard InChI is InChI=1S/C30H30N4O4/c35-28-24-10-4-5-11-26(24)38-30(37)27(28)25(21-8-2-1-3-9-21)20-23(14-19-34-17-6-7-18-34)32-33-29(36)22-12-15-31-16-13-22/h1-5,8-13,15-16,25,37H,6-7,14,17-20H2,(H,33,36)/b32-23+. The number of amides is 1. The van der Waals surface area contributed by atoms with Crippen LogP contribution in [0.1, 0.15) is 53.1 Å². The molecule has 38 heavy (non-hydrogen) atoms. The molecule has 1 fully saturated rings. The largest absolute Gasteiger partial charge is 0.480 e. The van der Waals surface area contributed by atoms with E-state index in [-0.39, 0.29) is 16.9 Å². The zero-order valence-electron chi connectivity index (χ0n) is 21.0. The van der Waals surface area contributed by atoms with E-state index >= 15 is 0 Å². The summed E-state index contributed by atoms with van der Waals surface area (Å²) in [6.07, 6.45) is 6.39. The van der Waals surface area contributed by atoms with E-state index in [1.54, 1.807) is 48.8 Å². The predicted octanol–water partition coefficient (Wildman–Crippen LogP) is 4.69. The van der Waals surface area contributed by atoms with E-state index in [4.69, 9.17) is 4.42 Å². The SMILES string of the molecule is O=C(N/N=C(\CCN1CCCC1)CC(c1ccccc1)c1c(O)oc2ccccc2c1=O)c1ccncc1. The smallest absolute Gasteiger partial charge is 0.290 e. The van der Waals surface area contributed by atoms with Crippen LogP contribution in [0, 0.1) is 0 Å². The third kappa shape index (κ3) is 5.81. The van der Waals surface area contributed by atoms with Crippen molar-refractivity contribution in [3.8, 4) is 5.95 Å². The Hall–Kier alpha value is -4.30. The zero-order chi connectivity index (χ0) is 26.3. The van der Waals surface area contributed by atoms with Crippen molar-refractivity contribution in [1.29, 1.82) is 0 Å². The summed E-state index contributed by atoms with van der Waals surface area (Å²) in [5.41, 5.74) is 4.94. The first-order valence-electron chi connectivity index (χ1n) is 12.9. The highest BCUT2D eigenvalue weighted by molar-refractivity contribution is 5.95. The van der Waals surface area contributed by atoms with Crippen molar-refractivity contribution in [2.24, 2.45) is 5.10 Å². The van der Waals surface area contributed by atoms with Crippen molar-refractivity contribution in [2.75, 3.05) is 19.6 Å². The number of hydrogen-bond acceptors (Lipinski definition) is 7. The number of aromatic hydroxyl groups is 1. The number of likely N-dealkylation sites (tertiary alicyclic amines) is 1. The molecule has 194 valence electrons. The van der Waals surface area contributed by atoms with Gasteiger partial charge in [-0.15, -0.1) is 0 Å². The summed E-state index contributed by atoms with van der Waals surface area (Å²) in [4.78, 5) is 32.7. The van der Waals surface area contributed by atoms with Gasteiger partial charge < -0.3 is 14.4 Å². The molecule has 1 unspecified atom stereocenters. The molecule has 2 aromatic heterocycles. The average Bonchev–Trinajstić information content (AvgIpc) is 3.48. The van der Waals surface area contributed by atoms with Crippen LogP contribution in [0.15, 0.2) is 93.4 Å². The normalized spacial score (nSPS) is 15.0. The topological polar surface area (TPSA) is 108 Å². The summed E-state index contributed by atoms with van der Waals surface area (Å²) >= 11 is 0. The highest BCUT2D eigenvalue weighted by Gasteiger charge is 2.27. The Morgan fingerprint density at radius 3 is 2.50 bits per heavy atom. The lowest BCUT2D eigenvalue weighted by Crippen LogP contribution is -2.26. The molecule has 0 bridgehead atoms. The molecule has 8 nitrogen and oxygen atoms in total.